The van der Waals surface area contributed by atoms with Crippen LogP contribution in [-0.4, -0.2) is 28.8 Å². The normalized spacial score (nSPS) is 10.8. The molecule has 0 atom stereocenters. The average molecular weight is 355 g/mol. The van der Waals surface area contributed by atoms with E-state index in [1.54, 1.807) is 14.0 Å². The molecule has 0 aliphatic carbocycles. The molecule has 6 nitrogen and oxygen atoms in total. The molecule has 1 aromatic heterocycles. The molecule has 0 aliphatic heterocycles. The number of carbonyl (C=O) groups excluding carboxylic acids is 1. The zero-order valence-corrected chi connectivity index (χ0v) is 13.2. The zero-order valence-electron chi connectivity index (χ0n) is 10.8. The molecule has 0 aliphatic rings. The van der Waals surface area contributed by atoms with Crippen molar-refractivity contribution in [2.24, 2.45) is 5.10 Å². The van der Waals surface area contributed by atoms with Gasteiger partial charge in [0.1, 0.15) is 10.6 Å². The molecule has 0 saturated carbocycles. The van der Waals surface area contributed by atoms with Crippen molar-refractivity contribution in [1.82, 2.24) is 15.0 Å². The fourth-order valence-electron chi connectivity index (χ4n) is 1.46. The topological polar surface area (TPSA) is 76.5 Å². The van der Waals surface area contributed by atoms with Crippen LogP contribution in [0.2, 0.25) is 0 Å². The van der Waals surface area contributed by atoms with Gasteiger partial charge in [-0.1, -0.05) is 20.4 Å². The Morgan fingerprint density at radius 3 is 3.00 bits per heavy atom. The number of rotatable bonds is 4. The largest absolute Gasteiger partial charge is 0.496 e. The van der Waals surface area contributed by atoms with Crippen molar-refractivity contribution < 1.29 is 9.53 Å². The van der Waals surface area contributed by atoms with Gasteiger partial charge in [-0.25, -0.2) is 5.43 Å². The second-order valence-electron chi connectivity index (χ2n) is 3.77. The summed E-state index contributed by atoms with van der Waals surface area (Å²) < 4.78 is 9.80. The Balaban J connectivity index is 2.09. The molecule has 1 amide bonds. The van der Waals surface area contributed by atoms with Crippen molar-refractivity contribution in [3.05, 3.63) is 38.8 Å². The monoisotopic (exact) mass is 354 g/mol. The van der Waals surface area contributed by atoms with E-state index in [0.29, 0.717) is 16.3 Å². The van der Waals surface area contributed by atoms with Crippen LogP contribution in [0.15, 0.2) is 27.8 Å². The quantitative estimate of drug-likeness (QED) is 0.675. The second kappa shape index (κ2) is 6.58. The van der Waals surface area contributed by atoms with Crippen LogP contribution in [0, 0.1) is 6.92 Å². The fraction of sp³-hybridized carbons (Fsp3) is 0.167. The van der Waals surface area contributed by atoms with Gasteiger partial charge < -0.3 is 4.74 Å². The van der Waals surface area contributed by atoms with Crippen molar-refractivity contribution in [3.8, 4) is 5.75 Å². The number of hydrogen-bond donors (Lipinski definition) is 1. The lowest BCUT2D eigenvalue weighted by Gasteiger charge is -2.04. The lowest BCUT2D eigenvalue weighted by molar-refractivity contribution is 0.0958. The lowest BCUT2D eigenvalue weighted by Crippen LogP contribution is -2.17. The van der Waals surface area contributed by atoms with Gasteiger partial charge in [-0.15, -0.1) is 5.10 Å². The number of methoxy groups -OCH3 is 1. The summed E-state index contributed by atoms with van der Waals surface area (Å²) in [6, 6.07) is 5.51. The minimum absolute atomic E-state index is 0.331. The molecule has 1 aromatic carbocycles. The number of benzene rings is 1. The molecular weight excluding hydrogens is 344 g/mol. The predicted molar refractivity (Wildman–Crippen MR) is 80.4 cm³/mol. The number of nitrogens with zero attached hydrogens (tertiary/aromatic N) is 3. The highest BCUT2D eigenvalue weighted by Gasteiger charge is 2.11. The fourth-order valence-corrected chi connectivity index (χ4v) is 2.38. The van der Waals surface area contributed by atoms with Gasteiger partial charge in [0.2, 0.25) is 0 Å². The number of aryl methyl sites for hydroxylation is 1. The summed E-state index contributed by atoms with van der Waals surface area (Å²) >= 11 is 4.40. The maximum atomic E-state index is 11.8. The summed E-state index contributed by atoms with van der Waals surface area (Å²) in [5.74, 6) is 0.338. The number of aromatic nitrogens is 2. The first-order valence-electron chi connectivity index (χ1n) is 5.57. The Morgan fingerprint density at radius 1 is 1.55 bits per heavy atom. The molecule has 104 valence electrons. The van der Waals surface area contributed by atoms with Crippen molar-refractivity contribution >= 4 is 39.6 Å². The van der Waals surface area contributed by atoms with Crippen LogP contribution in [-0.2, 0) is 0 Å². The first kappa shape index (κ1) is 14.6. The Labute approximate surface area is 128 Å². The molecule has 0 saturated heterocycles. The average Bonchev–Trinajstić information content (AvgIpc) is 2.85. The van der Waals surface area contributed by atoms with Crippen molar-refractivity contribution in [3.63, 3.8) is 0 Å². The zero-order chi connectivity index (χ0) is 14.5. The Kier molecular flexibility index (Phi) is 4.80. The number of nitrogens with one attached hydrogen (secondary N) is 1. The van der Waals surface area contributed by atoms with E-state index in [1.807, 2.05) is 18.2 Å². The summed E-state index contributed by atoms with van der Waals surface area (Å²) in [6.07, 6.45) is 1.52. The van der Waals surface area contributed by atoms with Gasteiger partial charge in [0, 0.05) is 10.0 Å². The minimum atomic E-state index is -0.331. The van der Waals surface area contributed by atoms with E-state index < -0.39 is 0 Å². The molecule has 0 unspecified atom stereocenters. The lowest BCUT2D eigenvalue weighted by atomic mass is 10.2. The summed E-state index contributed by atoms with van der Waals surface area (Å²) in [4.78, 5) is 12.3. The summed E-state index contributed by atoms with van der Waals surface area (Å²) in [5, 5.41) is 7.69. The number of hydrogen-bond acceptors (Lipinski definition) is 6. The van der Waals surface area contributed by atoms with Crippen LogP contribution < -0.4 is 10.2 Å². The SMILES string of the molecule is COc1ccc(Br)cc1C=NNC(=O)c1snnc1C. The molecule has 8 heteroatoms. The Morgan fingerprint density at radius 2 is 2.35 bits per heavy atom. The van der Waals surface area contributed by atoms with Crippen LogP contribution in [0.1, 0.15) is 20.9 Å². The number of ether oxygens (including phenoxy) is 1. The maximum absolute atomic E-state index is 11.8. The van der Waals surface area contributed by atoms with Gasteiger partial charge in [0.05, 0.1) is 19.0 Å². The van der Waals surface area contributed by atoms with Crippen LogP contribution in [0.4, 0.5) is 0 Å². The van der Waals surface area contributed by atoms with Gasteiger partial charge in [0.15, 0.2) is 0 Å². The van der Waals surface area contributed by atoms with Gasteiger partial charge >= 0.3 is 0 Å². The molecule has 0 bridgehead atoms. The van der Waals surface area contributed by atoms with Crippen molar-refractivity contribution in [2.75, 3.05) is 7.11 Å². The van der Waals surface area contributed by atoms with Gasteiger partial charge in [-0.2, -0.15) is 5.10 Å². The summed E-state index contributed by atoms with van der Waals surface area (Å²) in [7, 11) is 1.57. The molecule has 0 spiro atoms. The first-order valence-corrected chi connectivity index (χ1v) is 7.14. The van der Waals surface area contributed by atoms with Crippen molar-refractivity contribution in [2.45, 2.75) is 6.92 Å². The highest BCUT2D eigenvalue weighted by molar-refractivity contribution is 9.10. The van der Waals surface area contributed by atoms with Crippen molar-refractivity contribution in [1.29, 1.82) is 0 Å². The molecule has 2 rings (SSSR count). The molecule has 0 radical (unpaired) electrons. The summed E-state index contributed by atoms with van der Waals surface area (Å²) in [5.41, 5.74) is 3.77. The van der Waals surface area contributed by atoms with E-state index in [1.165, 1.54) is 6.21 Å². The maximum Gasteiger partial charge on any atom is 0.285 e. The first-order chi connectivity index (χ1) is 9.61. The minimum Gasteiger partial charge on any atom is -0.496 e. The van der Waals surface area contributed by atoms with Crippen LogP contribution >= 0.6 is 27.5 Å². The van der Waals surface area contributed by atoms with Gasteiger partial charge in [-0.3, -0.25) is 4.79 Å². The van der Waals surface area contributed by atoms with Gasteiger partial charge in [0.25, 0.3) is 5.91 Å². The predicted octanol–water partition coefficient (Wildman–Crippen LogP) is 2.38. The molecule has 0 fully saturated rings. The number of amides is 1. The highest BCUT2D eigenvalue weighted by atomic mass is 79.9. The number of hydrazone groups is 1. The van der Waals surface area contributed by atoms with E-state index in [-0.39, 0.29) is 5.91 Å². The third-order valence-electron chi connectivity index (χ3n) is 2.42. The van der Waals surface area contributed by atoms with E-state index in [4.69, 9.17) is 4.74 Å². The molecular formula is C12H11BrN4O2S. The standard InChI is InChI=1S/C12H11BrN4O2S/c1-7-11(20-17-15-7)12(18)16-14-6-8-5-9(13)3-4-10(8)19-2/h3-6H,1-2H3,(H,16,18). The van der Waals surface area contributed by atoms with Gasteiger partial charge in [-0.05, 0) is 36.7 Å². The third-order valence-corrected chi connectivity index (χ3v) is 3.74. The van der Waals surface area contributed by atoms with Crippen LogP contribution in [0.25, 0.3) is 0 Å². The molecule has 1 N–H and O–H groups in total. The third kappa shape index (κ3) is 3.40. The van der Waals surface area contributed by atoms with E-state index >= 15 is 0 Å². The molecule has 1 heterocycles. The van der Waals surface area contributed by atoms with Crippen LogP contribution in [0.5, 0.6) is 5.75 Å². The Bertz CT molecular complexity index is 657. The number of halogens is 1. The smallest absolute Gasteiger partial charge is 0.285 e. The van der Waals surface area contributed by atoms with E-state index in [0.717, 1.165) is 21.6 Å². The second-order valence-corrected chi connectivity index (χ2v) is 5.44. The Hall–Kier alpha value is -1.80. The van der Waals surface area contributed by atoms with E-state index in [9.17, 15) is 4.79 Å². The van der Waals surface area contributed by atoms with Crippen LogP contribution in [0.3, 0.4) is 0 Å². The number of carbonyl (C=O) groups is 1. The summed E-state index contributed by atoms with van der Waals surface area (Å²) in [6.45, 7) is 1.72. The van der Waals surface area contributed by atoms with E-state index in [2.05, 4.69) is 36.0 Å². The molecule has 2 aromatic rings. The molecule has 20 heavy (non-hydrogen) atoms. The highest BCUT2D eigenvalue weighted by Crippen LogP contribution is 2.21.